The number of fused-ring (bicyclic) bond motifs is 9. The molecule has 0 amide bonds. The molecule has 51 heavy (non-hydrogen) atoms. The molecule has 0 aliphatic rings. The van der Waals surface area contributed by atoms with E-state index in [4.69, 9.17) is 23.8 Å². The Morgan fingerprint density at radius 1 is 0.353 bits per heavy atom. The molecule has 0 unspecified atom stereocenters. The van der Waals surface area contributed by atoms with Crippen LogP contribution >= 0.6 is 11.3 Å². The molecular weight excluding hydrogens is 647 g/mol. The van der Waals surface area contributed by atoms with Gasteiger partial charge in [-0.15, -0.1) is 11.3 Å². The van der Waals surface area contributed by atoms with Crippen LogP contribution in [0.1, 0.15) is 0 Å². The van der Waals surface area contributed by atoms with Crippen molar-refractivity contribution in [2.75, 3.05) is 0 Å². The van der Waals surface area contributed by atoms with Gasteiger partial charge in [0.25, 0.3) is 0 Å². The van der Waals surface area contributed by atoms with E-state index in [0.29, 0.717) is 17.5 Å². The van der Waals surface area contributed by atoms with Crippen molar-refractivity contribution in [2.24, 2.45) is 0 Å². The minimum absolute atomic E-state index is 0.594. The highest BCUT2D eigenvalue weighted by atomic mass is 32.1. The lowest BCUT2D eigenvalue weighted by molar-refractivity contribution is 0.669. The third-order valence-electron chi connectivity index (χ3n) is 9.76. The highest BCUT2D eigenvalue weighted by Gasteiger charge is 2.21. The van der Waals surface area contributed by atoms with E-state index < -0.39 is 0 Å². The molecule has 238 valence electrons. The quantitative estimate of drug-likeness (QED) is 0.186. The summed E-state index contributed by atoms with van der Waals surface area (Å²) in [5.41, 5.74) is 8.31. The molecule has 0 bridgehead atoms. The summed E-state index contributed by atoms with van der Waals surface area (Å²) < 4.78 is 15.2. The number of rotatable bonds is 4. The van der Waals surface area contributed by atoms with E-state index in [1.54, 1.807) is 11.3 Å². The lowest BCUT2D eigenvalue weighted by Gasteiger charge is -2.10. The largest absolute Gasteiger partial charge is 0.456 e. The number of hydrogen-bond donors (Lipinski definition) is 0. The molecule has 11 rings (SSSR count). The first-order valence-corrected chi connectivity index (χ1v) is 17.7. The van der Waals surface area contributed by atoms with Crippen LogP contribution in [0.3, 0.4) is 0 Å². The van der Waals surface area contributed by atoms with Crippen LogP contribution in [0.15, 0.2) is 160 Å². The first-order chi connectivity index (χ1) is 25.3. The maximum Gasteiger partial charge on any atom is 0.164 e. The highest BCUT2D eigenvalue weighted by Crippen LogP contribution is 2.43. The van der Waals surface area contributed by atoms with Crippen LogP contribution in [-0.2, 0) is 0 Å². The van der Waals surface area contributed by atoms with Gasteiger partial charge in [0.1, 0.15) is 22.3 Å². The molecule has 4 aromatic heterocycles. The molecule has 0 saturated heterocycles. The van der Waals surface area contributed by atoms with E-state index in [9.17, 15) is 0 Å². The standard InChI is InChI=1S/C45H25N3O2S/c1-2-11-26(12-3-1)43-46-44(48-45(47-43)32-17-10-22-39-42(32)30-14-5-7-21-38(30)51-39)31-16-9-20-37-41(31)33-25-27(23-24-35(33)50-37)28-15-8-19-36-40(28)29-13-4-6-18-34(29)49-36/h1-25H. The Labute approximate surface area is 295 Å². The van der Waals surface area contributed by atoms with Crippen molar-refractivity contribution in [3.05, 3.63) is 152 Å². The van der Waals surface area contributed by atoms with Gasteiger partial charge in [0.15, 0.2) is 17.5 Å². The van der Waals surface area contributed by atoms with Gasteiger partial charge in [-0.25, -0.2) is 15.0 Å². The van der Waals surface area contributed by atoms with Gasteiger partial charge in [-0.05, 0) is 53.6 Å². The van der Waals surface area contributed by atoms with Crippen molar-refractivity contribution in [2.45, 2.75) is 0 Å². The Kier molecular flexibility index (Phi) is 6.05. The van der Waals surface area contributed by atoms with Crippen molar-refractivity contribution in [3.63, 3.8) is 0 Å². The predicted molar refractivity (Wildman–Crippen MR) is 209 cm³/mol. The average Bonchev–Trinajstić information content (AvgIpc) is 3.89. The zero-order chi connectivity index (χ0) is 33.5. The fourth-order valence-electron chi connectivity index (χ4n) is 7.49. The van der Waals surface area contributed by atoms with Gasteiger partial charge >= 0.3 is 0 Å². The SMILES string of the molecule is c1ccc(-c2nc(-c3cccc4oc5ccc(-c6cccc7oc8ccccc8c67)cc5c34)nc(-c3cccc4sc5ccccc5c34)n2)cc1. The van der Waals surface area contributed by atoms with Crippen molar-refractivity contribution >= 4 is 75.4 Å². The Balaban J connectivity index is 1.17. The fourth-order valence-corrected chi connectivity index (χ4v) is 8.62. The topological polar surface area (TPSA) is 65.0 Å². The summed E-state index contributed by atoms with van der Waals surface area (Å²) in [6.07, 6.45) is 0. The third kappa shape index (κ3) is 4.37. The van der Waals surface area contributed by atoms with E-state index in [-0.39, 0.29) is 0 Å². The first-order valence-electron chi connectivity index (χ1n) is 16.9. The fraction of sp³-hybridized carbons (Fsp3) is 0. The lowest BCUT2D eigenvalue weighted by Crippen LogP contribution is -2.00. The summed E-state index contributed by atoms with van der Waals surface area (Å²) in [5, 5.41) is 6.52. The van der Waals surface area contributed by atoms with Gasteiger partial charge in [-0.2, -0.15) is 0 Å². The molecule has 0 saturated carbocycles. The maximum absolute atomic E-state index is 6.49. The van der Waals surface area contributed by atoms with Crippen LogP contribution in [0.2, 0.25) is 0 Å². The minimum atomic E-state index is 0.594. The second-order valence-electron chi connectivity index (χ2n) is 12.7. The van der Waals surface area contributed by atoms with Crippen molar-refractivity contribution in [1.82, 2.24) is 15.0 Å². The smallest absolute Gasteiger partial charge is 0.164 e. The predicted octanol–water partition coefficient (Wildman–Crippen LogP) is 12.7. The second-order valence-corrected chi connectivity index (χ2v) is 13.8. The maximum atomic E-state index is 6.49. The number of para-hydroxylation sites is 1. The van der Waals surface area contributed by atoms with Gasteiger partial charge in [-0.3, -0.25) is 0 Å². The molecule has 0 spiro atoms. The van der Waals surface area contributed by atoms with Crippen LogP contribution in [0, 0.1) is 0 Å². The summed E-state index contributed by atoms with van der Waals surface area (Å²) in [6.45, 7) is 0. The van der Waals surface area contributed by atoms with Gasteiger partial charge in [0.05, 0.1) is 0 Å². The summed E-state index contributed by atoms with van der Waals surface area (Å²) in [7, 11) is 0. The van der Waals surface area contributed by atoms with Gasteiger partial charge in [-0.1, -0.05) is 109 Å². The van der Waals surface area contributed by atoms with Crippen LogP contribution in [0.5, 0.6) is 0 Å². The van der Waals surface area contributed by atoms with E-state index in [2.05, 4.69) is 91.0 Å². The Hall–Kier alpha value is -6.63. The van der Waals surface area contributed by atoms with Gasteiger partial charge < -0.3 is 8.83 Å². The molecule has 7 aromatic carbocycles. The number of hydrogen-bond acceptors (Lipinski definition) is 6. The highest BCUT2D eigenvalue weighted by molar-refractivity contribution is 7.25. The minimum Gasteiger partial charge on any atom is -0.456 e. The molecule has 5 nitrogen and oxygen atoms in total. The number of thiophene rings is 1. The summed E-state index contributed by atoms with van der Waals surface area (Å²) in [6, 6.07) is 52.0. The van der Waals surface area contributed by atoms with Crippen LogP contribution < -0.4 is 0 Å². The number of aromatic nitrogens is 3. The Bertz CT molecular complexity index is 3160. The molecule has 0 fully saturated rings. The Morgan fingerprint density at radius 3 is 1.73 bits per heavy atom. The molecular formula is C45H25N3O2S. The zero-order valence-electron chi connectivity index (χ0n) is 27.0. The summed E-state index contributed by atoms with van der Waals surface area (Å²) in [4.78, 5) is 15.5. The van der Waals surface area contributed by atoms with E-state index in [0.717, 1.165) is 77.1 Å². The van der Waals surface area contributed by atoms with E-state index in [1.807, 2.05) is 60.7 Å². The molecule has 0 aliphatic heterocycles. The molecule has 6 heteroatoms. The average molecular weight is 672 g/mol. The molecule has 0 N–H and O–H groups in total. The monoisotopic (exact) mass is 671 g/mol. The summed E-state index contributed by atoms with van der Waals surface area (Å²) >= 11 is 1.79. The second kappa shape index (κ2) is 10.9. The van der Waals surface area contributed by atoms with Crippen LogP contribution in [0.4, 0.5) is 0 Å². The third-order valence-corrected chi connectivity index (χ3v) is 10.9. The lowest BCUT2D eigenvalue weighted by atomic mass is 9.97. The normalized spacial score (nSPS) is 11.9. The zero-order valence-corrected chi connectivity index (χ0v) is 27.8. The molecule has 0 radical (unpaired) electrons. The van der Waals surface area contributed by atoms with Crippen molar-refractivity contribution < 1.29 is 8.83 Å². The molecule has 0 atom stereocenters. The van der Waals surface area contributed by atoms with E-state index in [1.165, 1.54) is 14.8 Å². The molecule has 11 aromatic rings. The van der Waals surface area contributed by atoms with Crippen molar-refractivity contribution in [3.8, 4) is 45.3 Å². The van der Waals surface area contributed by atoms with Gasteiger partial charge in [0, 0.05) is 58.4 Å². The van der Waals surface area contributed by atoms with E-state index >= 15 is 0 Å². The number of furan rings is 2. The first kappa shape index (κ1) is 28.2. The van der Waals surface area contributed by atoms with Crippen LogP contribution in [0.25, 0.3) is 109 Å². The van der Waals surface area contributed by atoms with Crippen molar-refractivity contribution in [1.29, 1.82) is 0 Å². The molecule has 0 aliphatic carbocycles. The number of nitrogens with zero attached hydrogens (tertiary/aromatic N) is 3. The van der Waals surface area contributed by atoms with Crippen LogP contribution in [-0.4, -0.2) is 15.0 Å². The van der Waals surface area contributed by atoms with Gasteiger partial charge in [0.2, 0.25) is 0 Å². The molecule has 4 heterocycles. The Morgan fingerprint density at radius 2 is 0.922 bits per heavy atom. The summed E-state index contributed by atoms with van der Waals surface area (Å²) in [5.74, 6) is 1.85. The number of benzene rings is 7.